The minimum Gasteiger partial charge on any atom is -0.393 e. The van der Waals surface area contributed by atoms with Crippen LogP contribution in [0.25, 0.3) is 0 Å². The zero-order valence-electron chi connectivity index (χ0n) is 9.24. The second-order valence-electron chi connectivity index (χ2n) is 5.07. The third-order valence-electron chi connectivity index (χ3n) is 3.65. The molecule has 2 nitrogen and oxygen atoms in total. The summed E-state index contributed by atoms with van der Waals surface area (Å²) in [7, 11) is 0. The van der Waals surface area contributed by atoms with Crippen molar-refractivity contribution in [3.05, 3.63) is 11.6 Å². The van der Waals surface area contributed by atoms with E-state index in [0.29, 0.717) is 5.92 Å². The number of aliphatic hydroxyl groups is 1. The van der Waals surface area contributed by atoms with Gasteiger partial charge in [0.1, 0.15) is 0 Å². The first-order valence-electron chi connectivity index (χ1n) is 5.70. The van der Waals surface area contributed by atoms with Gasteiger partial charge in [0.2, 0.25) is 0 Å². The quantitative estimate of drug-likeness (QED) is 0.677. The largest absolute Gasteiger partial charge is 0.393 e. The van der Waals surface area contributed by atoms with E-state index in [4.69, 9.17) is 0 Å². The highest BCUT2D eigenvalue weighted by Crippen LogP contribution is 2.37. The third kappa shape index (κ3) is 2.01. The fourth-order valence-corrected chi connectivity index (χ4v) is 2.79. The van der Waals surface area contributed by atoms with Gasteiger partial charge in [-0.25, -0.2) is 0 Å². The van der Waals surface area contributed by atoms with Gasteiger partial charge in [-0.2, -0.15) is 0 Å². The minimum atomic E-state index is -0.0169. The Balaban J connectivity index is 1.86. The van der Waals surface area contributed by atoms with Gasteiger partial charge in [0.05, 0.1) is 6.10 Å². The molecule has 3 atom stereocenters. The molecule has 2 fully saturated rings. The van der Waals surface area contributed by atoms with E-state index in [0.717, 1.165) is 25.4 Å². The van der Waals surface area contributed by atoms with Gasteiger partial charge in [0.15, 0.2) is 0 Å². The van der Waals surface area contributed by atoms with Crippen LogP contribution in [0.5, 0.6) is 0 Å². The molecule has 14 heavy (non-hydrogen) atoms. The lowest BCUT2D eigenvalue weighted by atomic mass is 10.00. The molecule has 0 radical (unpaired) electrons. The van der Waals surface area contributed by atoms with Gasteiger partial charge in [-0.05, 0) is 32.6 Å². The molecule has 1 heterocycles. The molecule has 3 unspecified atom stereocenters. The number of fused-ring (bicyclic) bond motifs is 1. The summed E-state index contributed by atoms with van der Waals surface area (Å²) in [5.74, 6) is 1.34. The van der Waals surface area contributed by atoms with Crippen molar-refractivity contribution in [2.24, 2.45) is 11.8 Å². The second-order valence-corrected chi connectivity index (χ2v) is 5.07. The molecule has 0 aromatic carbocycles. The van der Waals surface area contributed by atoms with E-state index in [2.05, 4.69) is 24.8 Å². The standard InChI is InChI=1S/C12H21NO/c1-9(2)5-6-13-7-10-3-4-12(14)11(10)8-13/h5,10-12,14H,3-4,6-8H2,1-2H3. The van der Waals surface area contributed by atoms with Crippen LogP contribution >= 0.6 is 0 Å². The lowest BCUT2D eigenvalue weighted by molar-refractivity contribution is 0.125. The first kappa shape index (κ1) is 10.2. The number of hydrogen-bond donors (Lipinski definition) is 1. The molecular formula is C12H21NO. The molecule has 2 aliphatic rings. The van der Waals surface area contributed by atoms with E-state index in [-0.39, 0.29) is 6.10 Å². The van der Waals surface area contributed by atoms with Crippen molar-refractivity contribution in [3.63, 3.8) is 0 Å². The average Bonchev–Trinajstić information content (AvgIpc) is 2.65. The summed E-state index contributed by atoms with van der Waals surface area (Å²) in [6, 6.07) is 0. The summed E-state index contributed by atoms with van der Waals surface area (Å²) < 4.78 is 0. The summed E-state index contributed by atoms with van der Waals surface area (Å²) in [5.41, 5.74) is 1.39. The number of likely N-dealkylation sites (tertiary alicyclic amines) is 1. The monoisotopic (exact) mass is 195 g/mol. The van der Waals surface area contributed by atoms with Crippen molar-refractivity contribution >= 4 is 0 Å². The number of rotatable bonds is 2. The van der Waals surface area contributed by atoms with Crippen LogP contribution in [-0.2, 0) is 0 Å². The predicted molar refractivity (Wildman–Crippen MR) is 58.1 cm³/mol. The van der Waals surface area contributed by atoms with Crippen LogP contribution in [0, 0.1) is 11.8 Å². The Morgan fingerprint density at radius 1 is 1.36 bits per heavy atom. The Bertz CT molecular complexity index is 232. The van der Waals surface area contributed by atoms with Crippen LogP contribution < -0.4 is 0 Å². The second kappa shape index (κ2) is 4.03. The van der Waals surface area contributed by atoms with E-state index < -0.39 is 0 Å². The predicted octanol–water partition coefficient (Wildman–Crippen LogP) is 1.66. The van der Waals surface area contributed by atoms with E-state index in [1.807, 2.05) is 0 Å². The van der Waals surface area contributed by atoms with E-state index in [9.17, 15) is 5.11 Å². The van der Waals surface area contributed by atoms with Crippen molar-refractivity contribution < 1.29 is 5.11 Å². The van der Waals surface area contributed by atoms with E-state index >= 15 is 0 Å². The molecule has 1 aliphatic heterocycles. The van der Waals surface area contributed by atoms with Crippen LogP contribution in [0.3, 0.4) is 0 Å². The third-order valence-corrected chi connectivity index (χ3v) is 3.65. The fourth-order valence-electron chi connectivity index (χ4n) is 2.79. The molecule has 1 saturated heterocycles. The molecule has 0 spiro atoms. The van der Waals surface area contributed by atoms with Gasteiger partial charge in [0, 0.05) is 25.6 Å². The Kier molecular flexibility index (Phi) is 2.93. The van der Waals surface area contributed by atoms with Crippen LogP contribution in [0.1, 0.15) is 26.7 Å². The average molecular weight is 195 g/mol. The topological polar surface area (TPSA) is 23.5 Å². The molecular weight excluding hydrogens is 174 g/mol. The van der Waals surface area contributed by atoms with Crippen LogP contribution in [-0.4, -0.2) is 35.7 Å². The molecule has 0 amide bonds. The van der Waals surface area contributed by atoms with Crippen LogP contribution in [0.15, 0.2) is 11.6 Å². The van der Waals surface area contributed by atoms with Gasteiger partial charge in [-0.3, -0.25) is 4.90 Å². The van der Waals surface area contributed by atoms with E-state index in [1.54, 1.807) is 0 Å². The summed E-state index contributed by atoms with van der Waals surface area (Å²) in [4.78, 5) is 2.48. The highest BCUT2D eigenvalue weighted by molar-refractivity contribution is 4.99. The molecule has 1 aliphatic carbocycles. The number of aliphatic hydroxyl groups excluding tert-OH is 1. The molecule has 2 rings (SSSR count). The maximum absolute atomic E-state index is 9.75. The van der Waals surface area contributed by atoms with E-state index in [1.165, 1.54) is 18.5 Å². The molecule has 80 valence electrons. The smallest absolute Gasteiger partial charge is 0.0583 e. The Hall–Kier alpha value is -0.340. The van der Waals surface area contributed by atoms with Gasteiger partial charge >= 0.3 is 0 Å². The van der Waals surface area contributed by atoms with Gasteiger partial charge in [-0.1, -0.05) is 11.6 Å². The van der Waals surface area contributed by atoms with Crippen molar-refractivity contribution in [2.45, 2.75) is 32.8 Å². The van der Waals surface area contributed by atoms with Gasteiger partial charge in [-0.15, -0.1) is 0 Å². The lowest BCUT2D eigenvalue weighted by Crippen LogP contribution is -2.24. The highest BCUT2D eigenvalue weighted by atomic mass is 16.3. The molecule has 0 bridgehead atoms. The molecule has 1 saturated carbocycles. The molecule has 1 N–H and O–H groups in total. The molecule has 0 aromatic rings. The van der Waals surface area contributed by atoms with Gasteiger partial charge in [0.25, 0.3) is 0 Å². The lowest BCUT2D eigenvalue weighted by Gasteiger charge is -2.16. The first-order valence-corrected chi connectivity index (χ1v) is 5.70. The van der Waals surface area contributed by atoms with Crippen LogP contribution in [0.2, 0.25) is 0 Å². The number of allylic oxidation sites excluding steroid dienone is 1. The van der Waals surface area contributed by atoms with Crippen molar-refractivity contribution in [3.8, 4) is 0 Å². The zero-order chi connectivity index (χ0) is 10.1. The SMILES string of the molecule is CC(C)=CCN1CC2CCC(O)C2C1. The van der Waals surface area contributed by atoms with Crippen molar-refractivity contribution in [1.29, 1.82) is 0 Å². The Morgan fingerprint density at radius 3 is 2.79 bits per heavy atom. The zero-order valence-corrected chi connectivity index (χ0v) is 9.24. The fraction of sp³-hybridized carbons (Fsp3) is 0.833. The molecule has 0 aromatic heterocycles. The minimum absolute atomic E-state index is 0.0169. The maximum Gasteiger partial charge on any atom is 0.0583 e. The highest BCUT2D eigenvalue weighted by Gasteiger charge is 2.41. The summed E-state index contributed by atoms with van der Waals surface area (Å²) in [6.07, 6.45) is 4.54. The maximum atomic E-state index is 9.75. The Morgan fingerprint density at radius 2 is 2.14 bits per heavy atom. The summed E-state index contributed by atoms with van der Waals surface area (Å²) in [6.45, 7) is 7.67. The number of nitrogens with zero attached hydrogens (tertiary/aromatic N) is 1. The normalized spacial score (nSPS) is 37.2. The van der Waals surface area contributed by atoms with Crippen molar-refractivity contribution in [2.75, 3.05) is 19.6 Å². The molecule has 2 heteroatoms. The Labute approximate surface area is 86.6 Å². The first-order chi connectivity index (χ1) is 6.66. The number of hydrogen-bond acceptors (Lipinski definition) is 2. The van der Waals surface area contributed by atoms with Crippen LogP contribution in [0.4, 0.5) is 0 Å². The summed E-state index contributed by atoms with van der Waals surface area (Å²) >= 11 is 0. The van der Waals surface area contributed by atoms with Crippen molar-refractivity contribution in [1.82, 2.24) is 4.90 Å². The van der Waals surface area contributed by atoms with Gasteiger partial charge < -0.3 is 5.11 Å². The summed E-state index contributed by atoms with van der Waals surface area (Å²) in [5, 5.41) is 9.75.